The van der Waals surface area contributed by atoms with Crippen LogP contribution in [-0.4, -0.2) is 15.5 Å². The molecule has 0 radical (unpaired) electrons. The third-order valence-corrected chi connectivity index (χ3v) is 5.46. The van der Waals surface area contributed by atoms with Crippen molar-refractivity contribution in [1.29, 1.82) is 0 Å². The second-order valence-electron chi connectivity index (χ2n) is 6.19. The largest absolute Gasteiger partial charge is 0.328 e. The molecule has 1 aliphatic heterocycles. The van der Waals surface area contributed by atoms with Crippen LogP contribution in [0.1, 0.15) is 28.9 Å². The minimum atomic E-state index is -0.0871. The lowest BCUT2D eigenvalue weighted by Gasteiger charge is -2.16. The Hall–Kier alpha value is -2.15. The summed E-state index contributed by atoms with van der Waals surface area (Å²) in [5, 5.41) is 2.96. The first-order chi connectivity index (χ1) is 12.2. The number of hydrogen-bond acceptors (Lipinski definition) is 2. The number of rotatable bonds is 3. The lowest BCUT2D eigenvalue weighted by molar-refractivity contribution is 0.102. The summed E-state index contributed by atoms with van der Waals surface area (Å²) in [5.41, 5.74) is 3.88. The van der Waals surface area contributed by atoms with Gasteiger partial charge in [0.15, 0.2) is 0 Å². The molecular formula is C20H18IN3O. The summed E-state index contributed by atoms with van der Waals surface area (Å²) in [5.74, 6) is 0.932. The topological polar surface area (TPSA) is 46.9 Å². The van der Waals surface area contributed by atoms with Crippen LogP contribution in [0, 0.1) is 3.57 Å². The van der Waals surface area contributed by atoms with Crippen LogP contribution in [0.2, 0.25) is 0 Å². The van der Waals surface area contributed by atoms with Crippen molar-refractivity contribution in [3.05, 3.63) is 69.6 Å². The summed E-state index contributed by atoms with van der Waals surface area (Å²) >= 11 is 2.18. The molecule has 126 valence electrons. The Morgan fingerprint density at radius 3 is 2.68 bits per heavy atom. The van der Waals surface area contributed by atoms with Crippen molar-refractivity contribution < 1.29 is 4.79 Å². The van der Waals surface area contributed by atoms with Crippen LogP contribution in [0.25, 0.3) is 11.4 Å². The molecule has 0 saturated heterocycles. The zero-order valence-corrected chi connectivity index (χ0v) is 15.9. The van der Waals surface area contributed by atoms with Crippen LogP contribution in [0.3, 0.4) is 0 Å². The fourth-order valence-corrected chi connectivity index (χ4v) is 3.85. The lowest BCUT2D eigenvalue weighted by atomic mass is 10.1. The molecular weight excluding hydrogens is 425 g/mol. The van der Waals surface area contributed by atoms with Gasteiger partial charge in [0.05, 0.1) is 5.56 Å². The number of fused-ring (bicyclic) bond motifs is 1. The minimum Gasteiger partial charge on any atom is -0.328 e. The van der Waals surface area contributed by atoms with Gasteiger partial charge in [-0.05, 0) is 78.3 Å². The Bertz CT molecular complexity index is 915. The van der Waals surface area contributed by atoms with E-state index in [4.69, 9.17) is 0 Å². The molecule has 0 aliphatic carbocycles. The highest BCUT2D eigenvalue weighted by atomic mass is 127. The molecule has 2 heterocycles. The standard InChI is InChI=1S/C20H18IN3O/c21-18-7-2-1-6-17(18)20(25)23-15-10-8-14(9-11-15)19-22-13-16-5-3-4-12-24(16)19/h1-2,6-11,13H,3-5,12H2,(H,23,25). The van der Waals surface area contributed by atoms with Crippen molar-refractivity contribution in [2.24, 2.45) is 0 Å². The van der Waals surface area contributed by atoms with Gasteiger partial charge in [-0.3, -0.25) is 4.79 Å². The number of aromatic nitrogens is 2. The SMILES string of the molecule is O=C(Nc1ccc(-c2ncc3n2CCCC3)cc1)c1ccccc1I. The normalized spacial score (nSPS) is 13.3. The Balaban J connectivity index is 1.54. The van der Waals surface area contributed by atoms with Gasteiger partial charge in [0.25, 0.3) is 5.91 Å². The van der Waals surface area contributed by atoms with E-state index >= 15 is 0 Å². The molecule has 0 bridgehead atoms. The summed E-state index contributed by atoms with van der Waals surface area (Å²) in [4.78, 5) is 17.0. The number of hydrogen-bond donors (Lipinski definition) is 1. The number of imidazole rings is 1. The number of aryl methyl sites for hydroxylation is 1. The van der Waals surface area contributed by atoms with E-state index in [1.165, 1.54) is 18.5 Å². The summed E-state index contributed by atoms with van der Waals surface area (Å²) in [7, 11) is 0. The molecule has 1 aromatic heterocycles. The smallest absolute Gasteiger partial charge is 0.256 e. The van der Waals surface area contributed by atoms with E-state index in [0.29, 0.717) is 5.56 Å². The molecule has 0 spiro atoms. The third-order valence-electron chi connectivity index (χ3n) is 4.52. The van der Waals surface area contributed by atoms with Crippen molar-refractivity contribution >= 4 is 34.2 Å². The molecule has 0 fully saturated rings. The zero-order valence-electron chi connectivity index (χ0n) is 13.7. The summed E-state index contributed by atoms with van der Waals surface area (Å²) in [6, 6.07) is 15.5. The number of amides is 1. The Labute approximate surface area is 160 Å². The number of carbonyl (C=O) groups excluding carboxylic acids is 1. The van der Waals surface area contributed by atoms with Crippen LogP contribution in [0.5, 0.6) is 0 Å². The highest BCUT2D eigenvalue weighted by Gasteiger charge is 2.15. The first-order valence-corrected chi connectivity index (χ1v) is 9.51. The van der Waals surface area contributed by atoms with Crippen LogP contribution in [0.15, 0.2) is 54.7 Å². The van der Waals surface area contributed by atoms with Crippen LogP contribution >= 0.6 is 22.6 Å². The maximum Gasteiger partial charge on any atom is 0.256 e. The van der Waals surface area contributed by atoms with Gasteiger partial charge < -0.3 is 9.88 Å². The Morgan fingerprint density at radius 2 is 1.88 bits per heavy atom. The lowest BCUT2D eigenvalue weighted by Crippen LogP contribution is -2.13. The van der Waals surface area contributed by atoms with Crippen molar-refractivity contribution in [3.63, 3.8) is 0 Å². The van der Waals surface area contributed by atoms with Crippen LogP contribution in [-0.2, 0) is 13.0 Å². The molecule has 4 nitrogen and oxygen atoms in total. The van der Waals surface area contributed by atoms with Gasteiger partial charge in [0, 0.05) is 33.3 Å². The quantitative estimate of drug-likeness (QED) is 0.595. The van der Waals surface area contributed by atoms with E-state index in [-0.39, 0.29) is 5.91 Å². The van der Waals surface area contributed by atoms with E-state index < -0.39 is 0 Å². The predicted octanol–water partition coefficient (Wildman–Crippen LogP) is 4.74. The first kappa shape index (κ1) is 16.3. The highest BCUT2D eigenvalue weighted by Crippen LogP contribution is 2.25. The molecule has 4 rings (SSSR count). The van der Waals surface area contributed by atoms with E-state index in [9.17, 15) is 4.79 Å². The molecule has 0 saturated carbocycles. The number of halogens is 1. The van der Waals surface area contributed by atoms with Gasteiger partial charge in [-0.15, -0.1) is 0 Å². The van der Waals surface area contributed by atoms with Crippen LogP contribution < -0.4 is 5.32 Å². The molecule has 2 aromatic carbocycles. The van der Waals surface area contributed by atoms with E-state index in [1.807, 2.05) is 54.7 Å². The molecule has 3 aromatic rings. The van der Waals surface area contributed by atoms with Gasteiger partial charge in [0.1, 0.15) is 5.82 Å². The summed E-state index contributed by atoms with van der Waals surface area (Å²) < 4.78 is 3.25. The van der Waals surface area contributed by atoms with E-state index in [0.717, 1.165) is 33.6 Å². The number of carbonyl (C=O) groups is 1. The minimum absolute atomic E-state index is 0.0871. The van der Waals surface area contributed by atoms with Crippen LogP contribution in [0.4, 0.5) is 5.69 Å². The number of anilines is 1. The van der Waals surface area contributed by atoms with Crippen molar-refractivity contribution in [2.45, 2.75) is 25.8 Å². The van der Waals surface area contributed by atoms with Gasteiger partial charge >= 0.3 is 0 Å². The fraction of sp³-hybridized carbons (Fsp3) is 0.200. The van der Waals surface area contributed by atoms with Gasteiger partial charge in [-0.25, -0.2) is 4.98 Å². The van der Waals surface area contributed by atoms with Gasteiger partial charge in [-0.2, -0.15) is 0 Å². The number of nitrogens with zero attached hydrogens (tertiary/aromatic N) is 2. The molecule has 1 aliphatic rings. The second-order valence-corrected chi connectivity index (χ2v) is 7.36. The van der Waals surface area contributed by atoms with Gasteiger partial charge in [0.2, 0.25) is 0 Å². The first-order valence-electron chi connectivity index (χ1n) is 8.43. The van der Waals surface area contributed by atoms with Crippen molar-refractivity contribution in [3.8, 4) is 11.4 Å². The zero-order chi connectivity index (χ0) is 17.2. The van der Waals surface area contributed by atoms with E-state index in [2.05, 4.69) is 37.5 Å². The average Bonchev–Trinajstić information content (AvgIpc) is 3.07. The van der Waals surface area contributed by atoms with Crippen molar-refractivity contribution in [2.75, 3.05) is 5.32 Å². The molecule has 1 N–H and O–H groups in total. The molecule has 25 heavy (non-hydrogen) atoms. The van der Waals surface area contributed by atoms with Gasteiger partial charge in [-0.1, -0.05) is 12.1 Å². The number of benzene rings is 2. The fourth-order valence-electron chi connectivity index (χ4n) is 3.21. The summed E-state index contributed by atoms with van der Waals surface area (Å²) in [6.45, 7) is 1.04. The highest BCUT2D eigenvalue weighted by molar-refractivity contribution is 14.1. The molecule has 5 heteroatoms. The molecule has 1 amide bonds. The maximum absolute atomic E-state index is 12.4. The molecule has 0 atom stereocenters. The molecule has 0 unspecified atom stereocenters. The monoisotopic (exact) mass is 443 g/mol. The average molecular weight is 443 g/mol. The summed E-state index contributed by atoms with van der Waals surface area (Å²) in [6.07, 6.45) is 5.55. The number of nitrogens with one attached hydrogen (secondary N) is 1. The Morgan fingerprint density at radius 1 is 1.08 bits per heavy atom. The predicted molar refractivity (Wildman–Crippen MR) is 108 cm³/mol. The third kappa shape index (κ3) is 3.33. The Kier molecular flexibility index (Phi) is 4.57. The van der Waals surface area contributed by atoms with Crippen molar-refractivity contribution in [1.82, 2.24) is 9.55 Å². The second kappa shape index (κ2) is 7.00. The maximum atomic E-state index is 12.4. The van der Waals surface area contributed by atoms with E-state index in [1.54, 1.807) is 0 Å².